The Balaban J connectivity index is 1.43. The second-order valence-electron chi connectivity index (χ2n) is 6.31. The summed E-state index contributed by atoms with van der Waals surface area (Å²) in [7, 11) is 0. The molecule has 0 bridgehead atoms. The van der Waals surface area contributed by atoms with Gasteiger partial charge >= 0.3 is 0 Å². The van der Waals surface area contributed by atoms with Crippen LogP contribution >= 0.6 is 0 Å². The number of nitrogens with zero attached hydrogens (tertiary/aromatic N) is 1. The molecule has 1 N–H and O–H groups in total. The van der Waals surface area contributed by atoms with Crippen molar-refractivity contribution in [1.82, 2.24) is 4.90 Å². The van der Waals surface area contributed by atoms with Crippen molar-refractivity contribution in [2.45, 2.75) is 18.9 Å². The molecule has 2 aliphatic rings. The van der Waals surface area contributed by atoms with Gasteiger partial charge in [-0.25, -0.2) is 4.39 Å². The summed E-state index contributed by atoms with van der Waals surface area (Å²) in [6.07, 6.45) is 1.90. The smallest absolute Gasteiger partial charge is 0.254 e. The number of likely N-dealkylation sites (tertiary alicyclic amines) is 1. The van der Waals surface area contributed by atoms with Gasteiger partial charge in [-0.2, -0.15) is 0 Å². The van der Waals surface area contributed by atoms with Crippen molar-refractivity contribution in [2.75, 3.05) is 25.2 Å². The minimum atomic E-state index is -0.256. The third kappa shape index (κ3) is 3.38. The maximum Gasteiger partial charge on any atom is 0.254 e. The minimum absolute atomic E-state index is 0.0103. The van der Waals surface area contributed by atoms with E-state index in [4.69, 9.17) is 9.47 Å². The Bertz CT molecular complexity index is 779. The minimum Gasteiger partial charge on any atom is -0.454 e. The second-order valence-corrected chi connectivity index (χ2v) is 6.31. The fourth-order valence-corrected chi connectivity index (χ4v) is 3.27. The number of fused-ring (bicyclic) bond motifs is 1. The van der Waals surface area contributed by atoms with Crippen LogP contribution in [0.5, 0.6) is 11.5 Å². The van der Waals surface area contributed by atoms with Crippen LogP contribution in [0.2, 0.25) is 0 Å². The molecule has 2 heterocycles. The fraction of sp³-hybridized carbons (Fsp3) is 0.316. The lowest BCUT2D eigenvalue weighted by Crippen LogP contribution is -2.45. The highest BCUT2D eigenvalue weighted by Crippen LogP contribution is 2.33. The summed E-state index contributed by atoms with van der Waals surface area (Å²) in [4.78, 5) is 14.6. The Hall–Kier alpha value is -2.76. The van der Waals surface area contributed by atoms with Crippen molar-refractivity contribution >= 4 is 11.6 Å². The number of hydrogen-bond donors (Lipinski definition) is 1. The van der Waals surface area contributed by atoms with Gasteiger partial charge in [0, 0.05) is 30.4 Å². The molecule has 0 radical (unpaired) electrons. The average Bonchev–Trinajstić information content (AvgIpc) is 3.11. The van der Waals surface area contributed by atoms with Crippen LogP contribution in [-0.4, -0.2) is 36.7 Å². The van der Waals surface area contributed by atoms with Crippen molar-refractivity contribution < 1.29 is 18.7 Å². The molecular weight excluding hydrogens is 323 g/mol. The van der Waals surface area contributed by atoms with Gasteiger partial charge in [-0.15, -0.1) is 0 Å². The largest absolute Gasteiger partial charge is 0.454 e. The molecule has 1 fully saturated rings. The number of carbonyl (C=O) groups is 1. The number of piperidine rings is 1. The first-order valence-corrected chi connectivity index (χ1v) is 8.40. The standard InChI is InChI=1S/C19H19FN2O3/c20-14-4-6-15(7-5-14)21-16-2-1-9-22(11-16)19(23)13-3-8-17-18(10-13)25-12-24-17/h3-8,10,16,21H,1-2,9,11-12H2. The Morgan fingerprint density at radius 1 is 1.12 bits per heavy atom. The average molecular weight is 342 g/mol. The van der Waals surface area contributed by atoms with E-state index in [0.717, 1.165) is 25.1 Å². The van der Waals surface area contributed by atoms with Gasteiger partial charge in [0.15, 0.2) is 11.5 Å². The van der Waals surface area contributed by atoms with E-state index in [-0.39, 0.29) is 24.6 Å². The number of amides is 1. The molecule has 1 saturated heterocycles. The van der Waals surface area contributed by atoms with Gasteiger partial charge in [0.05, 0.1) is 0 Å². The molecule has 0 aliphatic carbocycles. The number of halogens is 1. The number of benzene rings is 2. The van der Waals surface area contributed by atoms with Crippen LogP contribution < -0.4 is 14.8 Å². The van der Waals surface area contributed by atoms with Crippen LogP contribution in [-0.2, 0) is 0 Å². The Morgan fingerprint density at radius 3 is 2.76 bits per heavy atom. The molecule has 2 aliphatic heterocycles. The molecule has 1 unspecified atom stereocenters. The second kappa shape index (κ2) is 6.63. The van der Waals surface area contributed by atoms with E-state index in [1.165, 1.54) is 12.1 Å². The summed E-state index contributed by atoms with van der Waals surface area (Å²) in [5.74, 6) is 1.02. The Morgan fingerprint density at radius 2 is 1.92 bits per heavy atom. The molecule has 5 nitrogen and oxygen atoms in total. The van der Waals surface area contributed by atoms with Gasteiger partial charge in [0.1, 0.15) is 5.82 Å². The summed E-state index contributed by atoms with van der Waals surface area (Å²) < 4.78 is 23.7. The Kier molecular flexibility index (Phi) is 4.17. The number of hydrogen-bond acceptors (Lipinski definition) is 4. The van der Waals surface area contributed by atoms with Crippen molar-refractivity contribution in [1.29, 1.82) is 0 Å². The lowest BCUT2D eigenvalue weighted by Gasteiger charge is -2.33. The van der Waals surface area contributed by atoms with Crippen LogP contribution in [0.15, 0.2) is 42.5 Å². The summed E-state index contributed by atoms with van der Waals surface area (Å²) in [6.45, 7) is 1.54. The van der Waals surface area contributed by atoms with E-state index in [2.05, 4.69) is 5.32 Å². The first-order chi connectivity index (χ1) is 12.2. The molecule has 1 amide bonds. The quantitative estimate of drug-likeness (QED) is 0.930. The van der Waals surface area contributed by atoms with Crippen LogP contribution in [0.25, 0.3) is 0 Å². The molecule has 2 aromatic rings. The van der Waals surface area contributed by atoms with Gasteiger partial charge in [0.2, 0.25) is 6.79 Å². The van der Waals surface area contributed by atoms with Gasteiger partial charge in [-0.1, -0.05) is 0 Å². The van der Waals surface area contributed by atoms with Crippen molar-refractivity contribution in [3.8, 4) is 11.5 Å². The van der Waals surface area contributed by atoms with Crippen LogP contribution in [0.1, 0.15) is 23.2 Å². The Labute approximate surface area is 145 Å². The summed E-state index contributed by atoms with van der Waals surface area (Å²) >= 11 is 0. The lowest BCUT2D eigenvalue weighted by molar-refractivity contribution is 0.0714. The van der Waals surface area contributed by atoms with Crippen molar-refractivity contribution in [3.05, 3.63) is 53.8 Å². The van der Waals surface area contributed by atoms with Crippen LogP contribution in [0.3, 0.4) is 0 Å². The van der Waals surface area contributed by atoms with E-state index in [9.17, 15) is 9.18 Å². The van der Waals surface area contributed by atoms with Gasteiger partial charge in [0.25, 0.3) is 5.91 Å². The predicted octanol–water partition coefficient (Wildman–Crippen LogP) is 3.27. The molecule has 1 atom stereocenters. The molecule has 2 aromatic carbocycles. The van der Waals surface area contributed by atoms with Gasteiger partial charge in [-0.3, -0.25) is 4.79 Å². The van der Waals surface area contributed by atoms with Crippen molar-refractivity contribution in [3.63, 3.8) is 0 Å². The number of anilines is 1. The zero-order valence-electron chi connectivity index (χ0n) is 13.7. The van der Waals surface area contributed by atoms with Crippen molar-refractivity contribution in [2.24, 2.45) is 0 Å². The summed E-state index contributed by atoms with van der Waals surface area (Å²) in [6, 6.07) is 11.7. The first kappa shape index (κ1) is 15.7. The zero-order valence-corrected chi connectivity index (χ0v) is 13.7. The fourth-order valence-electron chi connectivity index (χ4n) is 3.27. The first-order valence-electron chi connectivity index (χ1n) is 8.40. The summed E-state index contributed by atoms with van der Waals surface area (Å²) in [5.41, 5.74) is 1.47. The molecule has 25 heavy (non-hydrogen) atoms. The number of carbonyl (C=O) groups excluding carboxylic acids is 1. The molecule has 0 aromatic heterocycles. The zero-order chi connectivity index (χ0) is 17.2. The van der Waals surface area contributed by atoms with Crippen LogP contribution in [0, 0.1) is 5.82 Å². The monoisotopic (exact) mass is 342 g/mol. The maximum absolute atomic E-state index is 13.0. The maximum atomic E-state index is 13.0. The van der Waals surface area contributed by atoms with Gasteiger partial charge in [-0.05, 0) is 55.3 Å². The molecular formula is C19H19FN2O3. The highest BCUT2D eigenvalue weighted by molar-refractivity contribution is 5.95. The van der Waals surface area contributed by atoms with E-state index in [1.807, 2.05) is 4.90 Å². The number of ether oxygens (including phenoxy) is 2. The normalized spacial score (nSPS) is 18.9. The number of nitrogens with one attached hydrogen (secondary N) is 1. The molecule has 130 valence electrons. The third-order valence-corrected chi connectivity index (χ3v) is 4.54. The van der Waals surface area contributed by atoms with E-state index in [1.54, 1.807) is 30.3 Å². The predicted molar refractivity (Wildman–Crippen MR) is 91.5 cm³/mol. The highest BCUT2D eigenvalue weighted by atomic mass is 19.1. The third-order valence-electron chi connectivity index (χ3n) is 4.54. The SMILES string of the molecule is O=C(c1ccc2c(c1)OCO2)N1CCCC(Nc2ccc(F)cc2)C1. The highest BCUT2D eigenvalue weighted by Gasteiger charge is 2.26. The summed E-state index contributed by atoms with van der Waals surface area (Å²) in [5, 5.41) is 3.38. The number of rotatable bonds is 3. The molecule has 4 rings (SSSR count). The molecule has 0 saturated carbocycles. The lowest BCUT2D eigenvalue weighted by atomic mass is 10.0. The van der Waals surface area contributed by atoms with E-state index < -0.39 is 0 Å². The molecule has 6 heteroatoms. The van der Waals surface area contributed by atoms with E-state index >= 15 is 0 Å². The topological polar surface area (TPSA) is 50.8 Å². The van der Waals surface area contributed by atoms with E-state index in [0.29, 0.717) is 23.6 Å². The van der Waals surface area contributed by atoms with Crippen LogP contribution in [0.4, 0.5) is 10.1 Å². The molecule has 0 spiro atoms. The van der Waals surface area contributed by atoms with Gasteiger partial charge < -0.3 is 19.7 Å².